The number of benzene rings is 1. The average Bonchev–Trinajstić information content (AvgIpc) is 2.60. The van der Waals surface area contributed by atoms with Crippen molar-refractivity contribution in [3.8, 4) is 0 Å². The zero-order valence-electron chi connectivity index (χ0n) is 15.9. The van der Waals surface area contributed by atoms with E-state index in [0.29, 0.717) is 5.92 Å². The quantitative estimate of drug-likeness (QED) is 0.368. The van der Waals surface area contributed by atoms with E-state index >= 15 is 0 Å². The number of aliphatic imine (C=N–C) groups is 1. The minimum Gasteiger partial charge on any atom is -0.382 e. The molecule has 0 aliphatic rings. The molecule has 0 unspecified atom stereocenters. The first kappa shape index (κ1) is 20.5. The number of aryl methyl sites for hydroxylation is 1. The van der Waals surface area contributed by atoms with Crippen LogP contribution in [-0.2, 0) is 11.2 Å². The minimum absolute atomic E-state index is 0.601. The lowest BCUT2D eigenvalue weighted by Gasteiger charge is -2.12. The zero-order valence-corrected chi connectivity index (χ0v) is 15.9. The molecule has 0 amide bonds. The Labute approximate surface area is 148 Å². The minimum atomic E-state index is 0.601. The van der Waals surface area contributed by atoms with Crippen LogP contribution in [0.2, 0.25) is 0 Å². The van der Waals surface area contributed by atoms with Gasteiger partial charge < -0.3 is 15.4 Å². The van der Waals surface area contributed by atoms with Crippen molar-refractivity contribution in [1.82, 2.24) is 10.6 Å². The second-order valence-electron chi connectivity index (χ2n) is 6.33. The second kappa shape index (κ2) is 12.8. The number of nitrogens with one attached hydrogen (secondary N) is 2. The van der Waals surface area contributed by atoms with E-state index in [1.807, 2.05) is 14.0 Å². The van der Waals surface area contributed by atoms with E-state index in [2.05, 4.69) is 53.7 Å². The highest BCUT2D eigenvalue weighted by Crippen LogP contribution is 2.15. The number of hydrogen-bond donors (Lipinski definition) is 2. The predicted molar refractivity (Wildman–Crippen MR) is 104 cm³/mol. The van der Waals surface area contributed by atoms with Gasteiger partial charge >= 0.3 is 0 Å². The van der Waals surface area contributed by atoms with Crippen LogP contribution >= 0.6 is 0 Å². The number of guanidine groups is 1. The van der Waals surface area contributed by atoms with Crippen molar-refractivity contribution >= 4 is 5.96 Å². The van der Waals surface area contributed by atoms with Crippen LogP contribution in [0.4, 0.5) is 0 Å². The van der Waals surface area contributed by atoms with Gasteiger partial charge in [0.15, 0.2) is 5.96 Å². The van der Waals surface area contributed by atoms with E-state index in [1.54, 1.807) is 0 Å². The lowest BCUT2D eigenvalue weighted by molar-refractivity contribution is 0.143. The van der Waals surface area contributed by atoms with E-state index in [0.717, 1.165) is 57.9 Å². The summed E-state index contributed by atoms with van der Waals surface area (Å²) in [6, 6.07) is 8.99. The SMILES string of the molecule is CCOCCCCNC(=NC)NCCCc1ccc(C(C)C)cc1. The summed E-state index contributed by atoms with van der Waals surface area (Å²) in [5, 5.41) is 6.73. The van der Waals surface area contributed by atoms with E-state index < -0.39 is 0 Å². The smallest absolute Gasteiger partial charge is 0.190 e. The molecule has 0 aliphatic heterocycles. The van der Waals surface area contributed by atoms with Gasteiger partial charge in [-0.25, -0.2) is 0 Å². The monoisotopic (exact) mass is 333 g/mol. The fraction of sp³-hybridized carbons (Fsp3) is 0.650. The molecule has 0 saturated carbocycles. The summed E-state index contributed by atoms with van der Waals surface area (Å²) in [4.78, 5) is 4.26. The Bertz CT molecular complexity index is 454. The Morgan fingerprint density at radius 2 is 1.71 bits per heavy atom. The van der Waals surface area contributed by atoms with Crippen molar-refractivity contribution < 1.29 is 4.74 Å². The lowest BCUT2D eigenvalue weighted by Crippen LogP contribution is -2.38. The molecule has 0 radical (unpaired) electrons. The molecule has 1 aromatic carbocycles. The number of rotatable bonds is 11. The molecule has 0 bridgehead atoms. The summed E-state index contributed by atoms with van der Waals surface area (Å²) >= 11 is 0. The summed E-state index contributed by atoms with van der Waals surface area (Å²) in [7, 11) is 1.82. The normalized spacial score (nSPS) is 11.8. The van der Waals surface area contributed by atoms with Gasteiger partial charge in [0.05, 0.1) is 0 Å². The number of ether oxygens (including phenoxy) is 1. The van der Waals surface area contributed by atoms with Gasteiger partial charge in [0.1, 0.15) is 0 Å². The van der Waals surface area contributed by atoms with Gasteiger partial charge in [-0.2, -0.15) is 0 Å². The van der Waals surface area contributed by atoms with Gasteiger partial charge in [0.25, 0.3) is 0 Å². The Kier molecular flexibility index (Phi) is 10.9. The van der Waals surface area contributed by atoms with Crippen LogP contribution in [0.3, 0.4) is 0 Å². The van der Waals surface area contributed by atoms with Gasteiger partial charge in [0, 0.05) is 33.4 Å². The first-order valence-electron chi connectivity index (χ1n) is 9.28. The first-order valence-corrected chi connectivity index (χ1v) is 9.28. The van der Waals surface area contributed by atoms with Crippen LogP contribution in [0.5, 0.6) is 0 Å². The summed E-state index contributed by atoms with van der Waals surface area (Å²) < 4.78 is 5.34. The molecule has 0 aromatic heterocycles. The maximum absolute atomic E-state index is 5.34. The summed E-state index contributed by atoms with van der Waals surface area (Å²) in [6.07, 6.45) is 4.38. The van der Waals surface area contributed by atoms with Crippen molar-refractivity contribution in [2.24, 2.45) is 4.99 Å². The van der Waals surface area contributed by atoms with E-state index in [9.17, 15) is 0 Å². The molecular formula is C20H35N3O. The molecule has 136 valence electrons. The first-order chi connectivity index (χ1) is 11.7. The van der Waals surface area contributed by atoms with Crippen LogP contribution in [0.25, 0.3) is 0 Å². The topological polar surface area (TPSA) is 45.6 Å². The summed E-state index contributed by atoms with van der Waals surface area (Å²) in [6.45, 7) is 10.0. The van der Waals surface area contributed by atoms with E-state index in [1.165, 1.54) is 11.1 Å². The van der Waals surface area contributed by atoms with Gasteiger partial charge in [-0.1, -0.05) is 38.1 Å². The maximum atomic E-state index is 5.34. The van der Waals surface area contributed by atoms with Crippen molar-refractivity contribution in [1.29, 1.82) is 0 Å². The molecule has 1 aromatic rings. The molecule has 4 heteroatoms. The molecule has 2 N–H and O–H groups in total. The number of nitrogens with zero attached hydrogens (tertiary/aromatic N) is 1. The number of hydrogen-bond acceptors (Lipinski definition) is 2. The van der Waals surface area contributed by atoms with Crippen LogP contribution in [0, 0.1) is 0 Å². The molecular weight excluding hydrogens is 298 g/mol. The van der Waals surface area contributed by atoms with Gasteiger partial charge in [-0.3, -0.25) is 4.99 Å². The average molecular weight is 334 g/mol. The fourth-order valence-corrected chi connectivity index (χ4v) is 2.47. The van der Waals surface area contributed by atoms with Crippen LogP contribution < -0.4 is 10.6 Å². The molecule has 0 spiro atoms. The molecule has 0 fully saturated rings. The van der Waals surface area contributed by atoms with Crippen LogP contribution in [0.15, 0.2) is 29.3 Å². The van der Waals surface area contributed by atoms with E-state index in [-0.39, 0.29) is 0 Å². The lowest BCUT2D eigenvalue weighted by atomic mass is 10.0. The van der Waals surface area contributed by atoms with Crippen molar-refractivity contribution in [3.05, 3.63) is 35.4 Å². The Morgan fingerprint density at radius 3 is 2.29 bits per heavy atom. The van der Waals surface area contributed by atoms with Crippen molar-refractivity contribution in [3.63, 3.8) is 0 Å². The molecule has 4 nitrogen and oxygen atoms in total. The standard InChI is InChI=1S/C20H35N3O/c1-5-24-16-7-6-14-22-20(21-4)23-15-8-9-18-10-12-19(13-11-18)17(2)3/h10-13,17H,5-9,14-16H2,1-4H3,(H2,21,22,23). The van der Waals surface area contributed by atoms with Gasteiger partial charge in [-0.05, 0) is 49.7 Å². The highest BCUT2D eigenvalue weighted by atomic mass is 16.5. The summed E-state index contributed by atoms with van der Waals surface area (Å²) in [5.74, 6) is 1.49. The maximum Gasteiger partial charge on any atom is 0.190 e. The Balaban J connectivity index is 2.13. The molecule has 24 heavy (non-hydrogen) atoms. The van der Waals surface area contributed by atoms with Crippen molar-refractivity contribution in [2.45, 2.75) is 52.4 Å². The Morgan fingerprint density at radius 1 is 1.04 bits per heavy atom. The van der Waals surface area contributed by atoms with E-state index in [4.69, 9.17) is 4.74 Å². The molecule has 0 aliphatic carbocycles. The molecule has 0 saturated heterocycles. The largest absolute Gasteiger partial charge is 0.382 e. The third kappa shape index (κ3) is 8.92. The highest BCUT2D eigenvalue weighted by molar-refractivity contribution is 5.79. The highest BCUT2D eigenvalue weighted by Gasteiger charge is 2.00. The molecule has 0 heterocycles. The van der Waals surface area contributed by atoms with Gasteiger partial charge in [-0.15, -0.1) is 0 Å². The second-order valence-corrected chi connectivity index (χ2v) is 6.33. The van der Waals surface area contributed by atoms with Gasteiger partial charge in [0.2, 0.25) is 0 Å². The third-order valence-electron chi connectivity index (χ3n) is 4.02. The zero-order chi connectivity index (χ0) is 17.6. The Hall–Kier alpha value is -1.55. The van der Waals surface area contributed by atoms with Crippen LogP contribution in [0.1, 0.15) is 57.1 Å². The molecule has 1 rings (SSSR count). The van der Waals surface area contributed by atoms with Crippen molar-refractivity contribution in [2.75, 3.05) is 33.4 Å². The predicted octanol–water partition coefficient (Wildman–Crippen LogP) is 3.72. The number of unbranched alkanes of at least 4 members (excludes halogenated alkanes) is 1. The fourth-order valence-electron chi connectivity index (χ4n) is 2.47. The molecule has 0 atom stereocenters. The van der Waals surface area contributed by atoms with Crippen LogP contribution in [-0.4, -0.2) is 39.3 Å². The third-order valence-corrected chi connectivity index (χ3v) is 4.02. The summed E-state index contributed by atoms with van der Waals surface area (Å²) in [5.41, 5.74) is 2.81.